The lowest BCUT2D eigenvalue weighted by molar-refractivity contribution is 0.0270. The van der Waals surface area contributed by atoms with E-state index < -0.39 is 0 Å². The van der Waals surface area contributed by atoms with Gasteiger partial charge in [0.2, 0.25) is 0 Å². The number of nitrogens with zero attached hydrogens (tertiary/aromatic N) is 1. The Kier molecular flexibility index (Phi) is 4.37. The minimum atomic E-state index is 0.0662. The predicted octanol–water partition coefficient (Wildman–Crippen LogP) is 3.81. The number of fused-ring (bicyclic) bond motifs is 6. The predicted molar refractivity (Wildman–Crippen MR) is 108 cm³/mol. The molecule has 5 nitrogen and oxygen atoms in total. The van der Waals surface area contributed by atoms with E-state index in [1.807, 2.05) is 24.3 Å². The highest BCUT2D eigenvalue weighted by Crippen LogP contribution is 2.53. The second kappa shape index (κ2) is 6.90. The summed E-state index contributed by atoms with van der Waals surface area (Å²) in [5.74, 6) is 1.72. The fraction of sp³-hybridized carbons (Fsp3) is 0.435. The van der Waals surface area contributed by atoms with Crippen LogP contribution < -0.4 is 14.0 Å². The van der Waals surface area contributed by atoms with Crippen LogP contribution in [-0.4, -0.2) is 51.8 Å². The summed E-state index contributed by atoms with van der Waals surface area (Å²) in [6, 6.07) is 9.86. The topological polar surface area (TPSA) is 44.8 Å². The van der Waals surface area contributed by atoms with Gasteiger partial charge in [0.25, 0.3) is 0 Å². The van der Waals surface area contributed by atoms with Crippen molar-refractivity contribution in [2.75, 3.05) is 46.1 Å². The van der Waals surface area contributed by atoms with Crippen LogP contribution in [0.1, 0.15) is 35.7 Å². The molecule has 2 aromatic carbocycles. The van der Waals surface area contributed by atoms with E-state index in [4.69, 9.17) is 14.2 Å². The second-order valence-corrected chi connectivity index (χ2v) is 7.82. The summed E-state index contributed by atoms with van der Waals surface area (Å²) in [5, 5.41) is 0. The number of hydrogen-bond donors (Lipinski definition) is 0. The first-order valence-corrected chi connectivity index (χ1v) is 10.3. The maximum absolute atomic E-state index is 13.1. The van der Waals surface area contributed by atoms with E-state index in [0.29, 0.717) is 13.2 Å². The summed E-state index contributed by atoms with van der Waals surface area (Å²) < 4.78 is 18.8. The molecule has 0 bridgehead atoms. The molecule has 0 aromatic heterocycles. The third kappa shape index (κ3) is 2.57. The van der Waals surface area contributed by atoms with Crippen molar-refractivity contribution in [3.8, 4) is 22.6 Å². The van der Waals surface area contributed by atoms with Gasteiger partial charge in [0.1, 0.15) is 32.0 Å². The summed E-state index contributed by atoms with van der Waals surface area (Å²) in [6.07, 6.45) is 2.07. The SMILES string of the molecule is CCCCOc1cccc2c1-c1c(ccc3c1OCC[N+]31CCOCC1)C2=O. The molecule has 5 heteroatoms. The van der Waals surface area contributed by atoms with Crippen molar-refractivity contribution < 1.29 is 19.0 Å². The van der Waals surface area contributed by atoms with Crippen molar-refractivity contribution in [2.24, 2.45) is 0 Å². The van der Waals surface area contributed by atoms with Crippen molar-refractivity contribution in [1.29, 1.82) is 0 Å². The largest absolute Gasteiger partial charge is 0.493 e. The molecule has 0 unspecified atom stereocenters. The molecule has 1 aliphatic carbocycles. The molecular formula is C23H26NO4+. The van der Waals surface area contributed by atoms with Crippen LogP contribution in [0.15, 0.2) is 30.3 Å². The van der Waals surface area contributed by atoms with Gasteiger partial charge in [-0.05, 0) is 18.6 Å². The van der Waals surface area contributed by atoms with Crippen LogP contribution in [0.5, 0.6) is 11.5 Å². The third-order valence-electron chi connectivity index (χ3n) is 6.26. The first kappa shape index (κ1) is 17.7. The first-order chi connectivity index (χ1) is 13.7. The maximum Gasteiger partial charge on any atom is 0.194 e. The van der Waals surface area contributed by atoms with Crippen LogP contribution in [0.4, 0.5) is 5.69 Å². The molecule has 5 rings (SSSR count). The summed E-state index contributed by atoms with van der Waals surface area (Å²) in [6.45, 7) is 7.83. The van der Waals surface area contributed by atoms with Gasteiger partial charge in [-0.2, -0.15) is 0 Å². The molecule has 2 aliphatic heterocycles. The number of ether oxygens (including phenoxy) is 3. The Bertz CT molecular complexity index is 930. The van der Waals surface area contributed by atoms with E-state index in [0.717, 1.165) is 83.9 Å². The van der Waals surface area contributed by atoms with Gasteiger partial charge in [0.15, 0.2) is 17.2 Å². The monoisotopic (exact) mass is 380 g/mol. The van der Waals surface area contributed by atoms with E-state index in [-0.39, 0.29) is 5.78 Å². The molecule has 1 saturated heterocycles. The van der Waals surface area contributed by atoms with E-state index >= 15 is 0 Å². The number of benzene rings is 2. The number of unbranched alkanes of at least 4 members (excludes halogenated alkanes) is 1. The third-order valence-corrected chi connectivity index (χ3v) is 6.26. The van der Waals surface area contributed by atoms with Gasteiger partial charge >= 0.3 is 0 Å². The van der Waals surface area contributed by atoms with Crippen molar-refractivity contribution >= 4 is 11.5 Å². The Morgan fingerprint density at radius 1 is 1.00 bits per heavy atom. The average molecular weight is 380 g/mol. The lowest BCUT2D eigenvalue weighted by Gasteiger charge is -2.44. The standard InChI is InChI=1S/C23H26NO4/c1-2-3-12-27-19-6-4-5-16-20(19)21-17(22(16)25)7-8-18-23(21)28-15-11-24(18)9-13-26-14-10-24/h4-8H,2-3,9-15H2,1H3/q+1. The van der Waals surface area contributed by atoms with E-state index in [9.17, 15) is 4.79 Å². The number of carbonyl (C=O) groups is 1. The van der Waals surface area contributed by atoms with Crippen molar-refractivity contribution in [2.45, 2.75) is 19.8 Å². The van der Waals surface area contributed by atoms with Crippen LogP contribution in [0.25, 0.3) is 11.1 Å². The number of ketones is 1. The minimum Gasteiger partial charge on any atom is -0.493 e. The molecule has 0 radical (unpaired) electrons. The number of rotatable bonds is 4. The van der Waals surface area contributed by atoms with Crippen LogP contribution in [0.2, 0.25) is 0 Å². The molecule has 0 saturated carbocycles. The first-order valence-electron chi connectivity index (χ1n) is 10.3. The van der Waals surface area contributed by atoms with Crippen molar-refractivity contribution in [1.82, 2.24) is 4.48 Å². The Labute approximate surface area is 165 Å². The molecule has 0 amide bonds. The van der Waals surface area contributed by atoms with Crippen LogP contribution in [0, 0.1) is 0 Å². The zero-order chi connectivity index (χ0) is 19.1. The molecule has 2 heterocycles. The number of morpholine rings is 1. The lowest BCUT2D eigenvalue weighted by atomic mass is 10.00. The second-order valence-electron chi connectivity index (χ2n) is 7.82. The van der Waals surface area contributed by atoms with E-state index in [1.165, 1.54) is 5.69 Å². The maximum atomic E-state index is 13.1. The molecule has 1 spiro atoms. The molecule has 0 atom stereocenters. The lowest BCUT2D eigenvalue weighted by Crippen LogP contribution is -2.59. The highest BCUT2D eigenvalue weighted by molar-refractivity contribution is 6.24. The van der Waals surface area contributed by atoms with Gasteiger partial charge in [-0.3, -0.25) is 9.28 Å². The summed E-state index contributed by atoms with van der Waals surface area (Å²) in [5.41, 5.74) is 4.46. The zero-order valence-corrected chi connectivity index (χ0v) is 16.3. The number of quaternary nitrogens is 1. The number of hydrogen-bond acceptors (Lipinski definition) is 4. The van der Waals surface area contributed by atoms with Gasteiger partial charge < -0.3 is 14.2 Å². The smallest absolute Gasteiger partial charge is 0.194 e. The Morgan fingerprint density at radius 3 is 2.61 bits per heavy atom. The molecule has 3 aliphatic rings. The summed E-state index contributed by atoms with van der Waals surface area (Å²) in [4.78, 5) is 13.1. The van der Waals surface area contributed by atoms with E-state index in [2.05, 4.69) is 13.0 Å². The van der Waals surface area contributed by atoms with Gasteiger partial charge in [0, 0.05) is 28.3 Å². The molecule has 28 heavy (non-hydrogen) atoms. The number of carbonyl (C=O) groups excluding carboxylic acids is 1. The highest BCUT2D eigenvalue weighted by atomic mass is 16.5. The van der Waals surface area contributed by atoms with E-state index in [1.54, 1.807) is 0 Å². The van der Waals surface area contributed by atoms with Crippen molar-refractivity contribution in [3.05, 3.63) is 41.5 Å². The van der Waals surface area contributed by atoms with Crippen molar-refractivity contribution in [3.63, 3.8) is 0 Å². The fourth-order valence-electron chi connectivity index (χ4n) is 4.70. The molecule has 0 N–H and O–H groups in total. The summed E-state index contributed by atoms with van der Waals surface area (Å²) >= 11 is 0. The Morgan fingerprint density at radius 2 is 1.79 bits per heavy atom. The van der Waals surface area contributed by atoms with Gasteiger partial charge in [-0.1, -0.05) is 25.5 Å². The Balaban J connectivity index is 1.67. The van der Waals surface area contributed by atoms with Gasteiger partial charge in [-0.15, -0.1) is 0 Å². The molecule has 2 aromatic rings. The fourth-order valence-corrected chi connectivity index (χ4v) is 4.70. The van der Waals surface area contributed by atoms with Crippen LogP contribution >= 0.6 is 0 Å². The van der Waals surface area contributed by atoms with Gasteiger partial charge in [-0.25, -0.2) is 0 Å². The average Bonchev–Trinajstić information content (AvgIpc) is 3.03. The minimum absolute atomic E-state index is 0.0662. The summed E-state index contributed by atoms with van der Waals surface area (Å²) in [7, 11) is 0. The normalized spacial score (nSPS) is 19.0. The molecular weight excluding hydrogens is 354 g/mol. The van der Waals surface area contributed by atoms with Crippen LogP contribution in [-0.2, 0) is 4.74 Å². The van der Waals surface area contributed by atoms with Crippen LogP contribution in [0.3, 0.4) is 0 Å². The zero-order valence-electron chi connectivity index (χ0n) is 16.3. The molecule has 1 fully saturated rings. The quantitative estimate of drug-likeness (QED) is 0.510. The molecule has 146 valence electrons. The van der Waals surface area contributed by atoms with Gasteiger partial charge in [0.05, 0.1) is 19.8 Å². The Hall–Kier alpha value is -2.37. The highest BCUT2D eigenvalue weighted by Gasteiger charge is 2.43.